The lowest BCUT2D eigenvalue weighted by atomic mass is 9.87. The first kappa shape index (κ1) is 17.8. The van der Waals surface area contributed by atoms with E-state index in [0.29, 0.717) is 12.8 Å². The Kier molecular flexibility index (Phi) is 4.77. The second kappa shape index (κ2) is 6.71. The first-order valence-corrected chi connectivity index (χ1v) is 8.64. The van der Waals surface area contributed by atoms with Crippen molar-refractivity contribution in [2.75, 3.05) is 6.54 Å². The minimum Gasteiger partial charge on any atom is -0.480 e. The molecule has 1 unspecified atom stereocenters. The highest BCUT2D eigenvalue weighted by molar-refractivity contribution is 5.91. The highest BCUT2D eigenvalue weighted by atomic mass is 19.1. The summed E-state index contributed by atoms with van der Waals surface area (Å²) in [6, 6.07) is 1.35. The molecule has 136 valence electrons. The number of piperazine rings is 1. The Bertz CT molecular complexity index is 669. The van der Waals surface area contributed by atoms with Crippen molar-refractivity contribution in [1.29, 1.82) is 0 Å². The van der Waals surface area contributed by atoms with Crippen molar-refractivity contribution in [2.24, 2.45) is 0 Å². The van der Waals surface area contributed by atoms with E-state index in [-0.39, 0.29) is 24.4 Å². The van der Waals surface area contributed by atoms with Gasteiger partial charge in [0.1, 0.15) is 17.7 Å². The summed E-state index contributed by atoms with van der Waals surface area (Å²) in [6.07, 6.45) is 3.34. The van der Waals surface area contributed by atoms with Gasteiger partial charge in [0, 0.05) is 12.6 Å². The highest BCUT2D eigenvalue weighted by Crippen LogP contribution is 2.39. The molecule has 2 N–H and O–H groups in total. The molecule has 2 aliphatic rings. The topological polar surface area (TPSA) is 69.6 Å². The number of halogens is 2. The van der Waals surface area contributed by atoms with E-state index in [1.165, 1.54) is 4.90 Å². The van der Waals surface area contributed by atoms with Crippen LogP contribution in [0.4, 0.5) is 8.78 Å². The monoisotopic (exact) mass is 352 g/mol. The lowest BCUT2D eigenvalue weighted by Crippen LogP contribution is -2.66. The Morgan fingerprint density at radius 2 is 1.92 bits per heavy atom. The molecule has 2 fully saturated rings. The van der Waals surface area contributed by atoms with E-state index < -0.39 is 35.2 Å². The molecule has 1 aromatic carbocycles. The molecule has 1 aliphatic heterocycles. The van der Waals surface area contributed by atoms with Gasteiger partial charge in [-0.1, -0.05) is 19.8 Å². The van der Waals surface area contributed by atoms with Gasteiger partial charge in [0.2, 0.25) is 5.91 Å². The van der Waals surface area contributed by atoms with Crippen LogP contribution < -0.4 is 5.32 Å². The predicted molar refractivity (Wildman–Crippen MR) is 86.9 cm³/mol. The summed E-state index contributed by atoms with van der Waals surface area (Å²) in [5.74, 6) is -2.87. The number of aliphatic carboxylic acids is 1. The average molecular weight is 352 g/mol. The van der Waals surface area contributed by atoms with Crippen LogP contribution in [0.1, 0.15) is 50.6 Å². The van der Waals surface area contributed by atoms with E-state index in [1.54, 1.807) is 6.92 Å². The van der Waals surface area contributed by atoms with Gasteiger partial charge in [-0.25, -0.2) is 13.6 Å². The summed E-state index contributed by atoms with van der Waals surface area (Å²) >= 11 is 0. The Balaban J connectivity index is 2.04. The number of carbonyl (C=O) groups is 2. The van der Waals surface area contributed by atoms with Crippen LogP contribution in [-0.4, -0.2) is 40.0 Å². The summed E-state index contributed by atoms with van der Waals surface area (Å²) in [4.78, 5) is 26.3. The van der Waals surface area contributed by atoms with Crippen molar-refractivity contribution in [2.45, 2.75) is 56.7 Å². The quantitative estimate of drug-likeness (QED) is 0.874. The zero-order chi connectivity index (χ0) is 18.2. The lowest BCUT2D eigenvalue weighted by molar-refractivity contribution is -0.159. The van der Waals surface area contributed by atoms with Gasteiger partial charge in [-0.3, -0.25) is 4.79 Å². The number of amides is 1. The number of nitrogens with zero attached hydrogens (tertiary/aromatic N) is 1. The van der Waals surface area contributed by atoms with Crippen molar-refractivity contribution in [3.63, 3.8) is 0 Å². The normalized spacial score (nSPS) is 23.9. The third-order valence-electron chi connectivity index (χ3n) is 5.35. The second-order valence-corrected chi connectivity index (χ2v) is 6.86. The molecule has 7 heteroatoms. The second-order valence-electron chi connectivity index (χ2n) is 6.86. The summed E-state index contributed by atoms with van der Waals surface area (Å²) in [6.45, 7) is 1.97. The van der Waals surface area contributed by atoms with Gasteiger partial charge < -0.3 is 15.3 Å². The van der Waals surface area contributed by atoms with Crippen LogP contribution in [0.25, 0.3) is 0 Å². The molecule has 1 aromatic rings. The molecule has 0 bridgehead atoms. The van der Waals surface area contributed by atoms with Crippen molar-refractivity contribution in [3.05, 3.63) is 35.4 Å². The van der Waals surface area contributed by atoms with Crippen LogP contribution in [0.15, 0.2) is 18.2 Å². The fraction of sp³-hybridized carbons (Fsp3) is 0.556. The van der Waals surface area contributed by atoms with Crippen LogP contribution in [0.5, 0.6) is 0 Å². The molecular formula is C18H22F2N2O3. The predicted octanol–water partition coefficient (Wildman–Crippen LogP) is 2.61. The maximum Gasteiger partial charge on any atom is 0.326 e. The first-order chi connectivity index (χ1) is 11.9. The standard InChI is InChI=1S/C18H22F2N2O3/c1-2-14(16(23)24)22-15(11-7-12(19)9-13(20)8-11)10-21-18(17(22)25)5-3-4-6-18/h7-9,14-15,21H,2-6,10H2,1H3,(H,23,24)/t14?,15-/m0/s1. The molecule has 5 nitrogen and oxygen atoms in total. The van der Waals surface area contributed by atoms with Crippen LogP contribution in [0, 0.1) is 11.6 Å². The molecule has 1 heterocycles. The van der Waals surface area contributed by atoms with Crippen LogP contribution in [0.3, 0.4) is 0 Å². The average Bonchev–Trinajstić information content (AvgIpc) is 3.01. The van der Waals surface area contributed by atoms with Crippen molar-refractivity contribution in [3.8, 4) is 0 Å². The zero-order valence-corrected chi connectivity index (χ0v) is 14.1. The number of nitrogens with one attached hydrogen (secondary N) is 1. The fourth-order valence-electron chi connectivity index (χ4n) is 4.12. The van der Waals surface area contributed by atoms with E-state index in [1.807, 2.05) is 0 Å². The molecule has 2 atom stereocenters. The Labute approximate surface area is 145 Å². The first-order valence-electron chi connectivity index (χ1n) is 8.64. The van der Waals surface area contributed by atoms with E-state index in [4.69, 9.17) is 0 Å². The molecule has 1 spiro atoms. The summed E-state index contributed by atoms with van der Waals surface area (Å²) in [5.41, 5.74) is -0.475. The Morgan fingerprint density at radius 3 is 2.44 bits per heavy atom. The molecule has 0 radical (unpaired) electrons. The van der Waals surface area contributed by atoms with Crippen LogP contribution >= 0.6 is 0 Å². The van der Waals surface area contributed by atoms with Gasteiger partial charge >= 0.3 is 5.97 Å². The number of hydrogen-bond acceptors (Lipinski definition) is 3. The minimum absolute atomic E-state index is 0.228. The smallest absolute Gasteiger partial charge is 0.326 e. The number of rotatable bonds is 4. The molecule has 25 heavy (non-hydrogen) atoms. The van der Waals surface area contributed by atoms with Gasteiger partial charge in [-0.2, -0.15) is 0 Å². The maximum atomic E-state index is 13.7. The van der Waals surface area contributed by atoms with Crippen molar-refractivity contribution >= 4 is 11.9 Å². The molecule has 3 rings (SSSR count). The van der Waals surface area contributed by atoms with Crippen LogP contribution in [-0.2, 0) is 9.59 Å². The summed E-state index contributed by atoms with van der Waals surface area (Å²) in [7, 11) is 0. The lowest BCUT2D eigenvalue weighted by Gasteiger charge is -2.47. The molecule has 1 amide bonds. The van der Waals surface area contributed by atoms with Crippen molar-refractivity contribution in [1.82, 2.24) is 10.2 Å². The molecule has 1 aliphatic carbocycles. The minimum atomic E-state index is -1.10. The van der Waals surface area contributed by atoms with E-state index in [0.717, 1.165) is 31.0 Å². The third kappa shape index (κ3) is 3.13. The van der Waals surface area contributed by atoms with E-state index >= 15 is 0 Å². The van der Waals surface area contributed by atoms with E-state index in [2.05, 4.69) is 5.32 Å². The van der Waals surface area contributed by atoms with E-state index in [9.17, 15) is 23.5 Å². The summed E-state index contributed by atoms with van der Waals surface area (Å²) in [5, 5.41) is 12.8. The molecule has 1 saturated heterocycles. The van der Waals surface area contributed by atoms with Gasteiger partial charge in [-0.05, 0) is 37.0 Å². The number of benzene rings is 1. The van der Waals surface area contributed by atoms with Gasteiger partial charge in [-0.15, -0.1) is 0 Å². The number of carbonyl (C=O) groups excluding carboxylic acids is 1. The van der Waals surface area contributed by atoms with Gasteiger partial charge in [0.25, 0.3) is 0 Å². The molecular weight excluding hydrogens is 330 g/mol. The Morgan fingerprint density at radius 1 is 1.32 bits per heavy atom. The zero-order valence-electron chi connectivity index (χ0n) is 14.1. The molecule has 1 saturated carbocycles. The van der Waals surface area contributed by atoms with Gasteiger partial charge in [0.05, 0.1) is 11.6 Å². The number of carboxylic acid groups (broad SMARTS) is 1. The van der Waals surface area contributed by atoms with Gasteiger partial charge in [0.15, 0.2) is 0 Å². The SMILES string of the molecule is CCC(C(=O)O)N1C(=O)C2(CCCC2)NC[C@H]1c1cc(F)cc(F)c1. The number of hydrogen-bond donors (Lipinski definition) is 2. The number of carboxylic acids is 1. The van der Waals surface area contributed by atoms with Crippen LogP contribution in [0.2, 0.25) is 0 Å². The van der Waals surface area contributed by atoms with Crippen molar-refractivity contribution < 1.29 is 23.5 Å². The third-order valence-corrected chi connectivity index (χ3v) is 5.35. The largest absolute Gasteiger partial charge is 0.480 e. The highest BCUT2D eigenvalue weighted by Gasteiger charge is 2.51. The molecule has 0 aromatic heterocycles. The fourth-order valence-corrected chi connectivity index (χ4v) is 4.12. The summed E-state index contributed by atoms with van der Waals surface area (Å²) < 4.78 is 27.3. The maximum absolute atomic E-state index is 13.7. The Hall–Kier alpha value is -2.02.